The van der Waals surface area contributed by atoms with Gasteiger partial charge in [0, 0.05) is 39.1 Å². The Kier molecular flexibility index (Phi) is 4.52. The van der Waals surface area contributed by atoms with Crippen LogP contribution in [0.3, 0.4) is 0 Å². The van der Waals surface area contributed by atoms with E-state index < -0.39 is 0 Å². The van der Waals surface area contributed by atoms with Crippen molar-refractivity contribution in [2.24, 2.45) is 11.8 Å². The molecule has 0 unspecified atom stereocenters. The molecule has 22 heavy (non-hydrogen) atoms. The first-order valence-electron chi connectivity index (χ1n) is 8.53. The van der Waals surface area contributed by atoms with E-state index in [1.807, 2.05) is 4.90 Å². The van der Waals surface area contributed by atoms with E-state index in [9.17, 15) is 4.79 Å². The third-order valence-corrected chi connectivity index (χ3v) is 4.56. The number of hydrogen-bond donors (Lipinski definition) is 0. The zero-order valence-corrected chi connectivity index (χ0v) is 14.0. The fourth-order valence-electron chi connectivity index (χ4n) is 3.53. The van der Waals surface area contributed by atoms with Gasteiger partial charge in [-0.2, -0.15) is 0 Å². The van der Waals surface area contributed by atoms with Gasteiger partial charge >= 0.3 is 5.91 Å². The van der Waals surface area contributed by atoms with Crippen molar-refractivity contribution in [2.75, 3.05) is 26.2 Å². The largest absolute Gasteiger partial charge is 0.437 e. The summed E-state index contributed by atoms with van der Waals surface area (Å²) in [5.74, 6) is 2.39. The smallest absolute Gasteiger partial charge is 0.309 e. The Hall–Kier alpha value is -1.36. The molecule has 0 bridgehead atoms. The number of oxazole rings is 1. The molecule has 0 aliphatic carbocycles. The molecule has 2 aliphatic rings. The molecule has 0 saturated carbocycles. The van der Waals surface area contributed by atoms with Crippen LogP contribution >= 0.6 is 0 Å². The zero-order chi connectivity index (χ0) is 15.7. The standard InChI is InChI=1S/C17H27N3O2/c1-12(2)9-19-8-6-15-14(11-19)18-16(22-15)17(21)20-7-4-5-13(3)10-20/h12-13H,4-11H2,1-3H3/t13-/m0/s1. The van der Waals surface area contributed by atoms with Gasteiger partial charge < -0.3 is 9.32 Å². The second kappa shape index (κ2) is 6.41. The van der Waals surface area contributed by atoms with Gasteiger partial charge in [-0.05, 0) is 24.7 Å². The maximum absolute atomic E-state index is 12.6. The van der Waals surface area contributed by atoms with Crippen LogP contribution in [0.25, 0.3) is 0 Å². The Bertz CT molecular complexity index is 538. The molecule has 3 rings (SSSR count). The number of nitrogens with zero attached hydrogens (tertiary/aromatic N) is 3. The molecule has 1 fully saturated rings. The van der Waals surface area contributed by atoms with Gasteiger partial charge in [0.25, 0.3) is 5.89 Å². The summed E-state index contributed by atoms with van der Waals surface area (Å²) < 4.78 is 5.78. The van der Waals surface area contributed by atoms with Crippen molar-refractivity contribution in [1.82, 2.24) is 14.8 Å². The van der Waals surface area contributed by atoms with Gasteiger partial charge in [0.15, 0.2) is 0 Å². The summed E-state index contributed by atoms with van der Waals surface area (Å²) in [5.41, 5.74) is 0.959. The fourth-order valence-corrected chi connectivity index (χ4v) is 3.53. The summed E-state index contributed by atoms with van der Waals surface area (Å²) in [6.07, 6.45) is 3.14. The third-order valence-electron chi connectivity index (χ3n) is 4.56. The topological polar surface area (TPSA) is 49.6 Å². The van der Waals surface area contributed by atoms with E-state index in [0.29, 0.717) is 17.7 Å². The summed E-state index contributed by atoms with van der Waals surface area (Å²) >= 11 is 0. The highest BCUT2D eigenvalue weighted by molar-refractivity contribution is 5.89. The maximum Gasteiger partial charge on any atom is 0.309 e. The van der Waals surface area contributed by atoms with E-state index >= 15 is 0 Å². The van der Waals surface area contributed by atoms with E-state index in [-0.39, 0.29) is 5.91 Å². The van der Waals surface area contributed by atoms with Crippen molar-refractivity contribution in [3.05, 3.63) is 17.3 Å². The number of carbonyl (C=O) groups is 1. The highest BCUT2D eigenvalue weighted by Crippen LogP contribution is 2.23. The maximum atomic E-state index is 12.6. The Labute approximate surface area is 132 Å². The number of hydrogen-bond acceptors (Lipinski definition) is 4. The monoisotopic (exact) mass is 305 g/mol. The first-order chi connectivity index (χ1) is 10.5. The second-order valence-corrected chi connectivity index (χ2v) is 7.27. The van der Waals surface area contributed by atoms with Crippen molar-refractivity contribution in [2.45, 2.75) is 46.6 Å². The van der Waals surface area contributed by atoms with Crippen LogP contribution < -0.4 is 0 Å². The Morgan fingerprint density at radius 3 is 2.95 bits per heavy atom. The zero-order valence-electron chi connectivity index (χ0n) is 14.0. The number of carbonyl (C=O) groups excluding carboxylic acids is 1. The van der Waals surface area contributed by atoms with Crippen molar-refractivity contribution >= 4 is 5.91 Å². The molecule has 1 amide bonds. The summed E-state index contributed by atoms with van der Waals surface area (Å²) in [7, 11) is 0. The average molecular weight is 305 g/mol. The van der Waals surface area contributed by atoms with E-state index in [4.69, 9.17) is 4.42 Å². The highest BCUT2D eigenvalue weighted by atomic mass is 16.4. The van der Waals surface area contributed by atoms with Gasteiger partial charge in [-0.3, -0.25) is 9.69 Å². The number of rotatable bonds is 3. The highest BCUT2D eigenvalue weighted by Gasteiger charge is 2.29. The number of piperidine rings is 1. The molecule has 1 aromatic heterocycles. The number of likely N-dealkylation sites (tertiary alicyclic amines) is 1. The molecular formula is C17H27N3O2. The number of amides is 1. The molecule has 0 spiro atoms. The van der Waals surface area contributed by atoms with Crippen LogP contribution in [0.15, 0.2) is 4.42 Å². The first kappa shape index (κ1) is 15.5. The Balaban J connectivity index is 1.69. The molecule has 0 aromatic carbocycles. The van der Waals surface area contributed by atoms with Gasteiger partial charge in [0.1, 0.15) is 5.76 Å². The molecule has 122 valence electrons. The van der Waals surface area contributed by atoms with Gasteiger partial charge in [-0.15, -0.1) is 0 Å². The van der Waals surface area contributed by atoms with Crippen LogP contribution in [0, 0.1) is 11.8 Å². The van der Waals surface area contributed by atoms with Crippen molar-refractivity contribution in [1.29, 1.82) is 0 Å². The van der Waals surface area contributed by atoms with E-state index in [1.54, 1.807) is 0 Å². The fraction of sp³-hybridized carbons (Fsp3) is 0.765. The summed E-state index contributed by atoms with van der Waals surface area (Å²) in [6, 6.07) is 0. The van der Waals surface area contributed by atoms with Crippen LogP contribution in [0.1, 0.15) is 55.8 Å². The predicted octanol–water partition coefficient (Wildman–Crippen LogP) is 2.56. The normalized spacial score (nSPS) is 22.9. The van der Waals surface area contributed by atoms with Gasteiger partial charge in [-0.1, -0.05) is 20.8 Å². The molecule has 1 aromatic rings. The molecule has 1 atom stereocenters. The molecular weight excluding hydrogens is 278 g/mol. The van der Waals surface area contributed by atoms with Gasteiger partial charge in [0.2, 0.25) is 0 Å². The minimum atomic E-state index is -0.0311. The quantitative estimate of drug-likeness (QED) is 0.861. The lowest BCUT2D eigenvalue weighted by Gasteiger charge is -2.29. The van der Waals surface area contributed by atoms with Crippen LogP contribution in [0.5, 0.6) is 0 Å². The molecule has 5 heteroatoms. The van der Waals surface area contributed by atoms with Crippen LogP contribution in [0.2, 0.25) is 0 Å². The van der Waals surface area contributed by atoms with Crippen molar-refractivity contribution < 1.29 is 9.21 Å². The lowest BCUT2D eigenvalue weighted by Crippen LogP contribution is -2.39. The van der Waals surface area contributed by atoms with Crippen LogP contribution in [0.4, 0.5) is 0 Å². The molecule has 3 heterocycles. The molecule has 5 nitrogen and oxygen atoms in total. The van der Waals surface area contributed by atoms with E-state index in [0.717, 1.165) is 57.0 Å². The van der Waals surface area contributed by atoms with Crippen molar-refractivity contribution in [3.8, 4) is 0 Å². The van der Waals surface area contributed by atoms with Crippen molar-refractivity contribution in [3.63, 3.8) is 0 Å². The summed E-state index contributed by atoms with van der Waals surface area (Å²) in [4.78, 5) is 21.4. The second-order valence-electron chi connectivity index (χ2n) is 7.27. The Morgan fingerprint density at radius 1 is 1.41 bits per heavy atom. The minimum absolute atomic E-state index is 0.0311. The molecule has 1 saturated heterocycles. The van der Waals surface area contributed by atoms with Gasteiger partial charge in [-0.25, -0.2) is 4.98 Å². The lowest BCUT2D eigenvalue weighted by molar-refractivity contribution is 0.0640. The molecule has 0 radical (unpaired) electrons. The Morgan fingerprint density at radius 2 is 2.23 bits per heavy atom. The van der Waals surface area contributed by atoms with E-state index in [1.165, 1.54) is 6.42 Å². The number of aromatic nitrogens is 1. The first-order valence-corrected chi connectivity index (χ1v) is 8.53. The number of fused-ring (bicyclic) bond motifs is 1. The predicted molar refractivity (Wildman–Crippen MR) is 84.6 cm³/mol. The lowest BCUT2D eigenvalue weighted by atomic mass is 10.0. The van der Waals surface area contributed by atoms with Crippen LogP contribution in [-0.4, -0.2) is 46.9 Å². The minimum Gasteiger partial charge on any atom is -0.437 e. The molecule has 2 aliphatic heterocycles. The SMILES string of the molecule is CC(C)CN1CCc2oc(C(=O)N3CCC[C@H](C)C3)nc2C1. The van der Waals surface area contributed by atoms with Crippen LogP contribution in [-0.2, 0) is 13.0 Å². The van der Waals surface area contributed by atoms with Gasteiger partial charge in [0.05, 0.1) is 5.69 Å². The third kappa shape index (κ3) is 3.35. The summed E-state index contributed by atoms with van der Waals surface area (Å²) in [5, 5.41) is 0. The summed E-state index contributed by atoms with van der Waals surface area (Å²) in [6.45, 7) is 11.2. The molecule has 0 N–H and O–H groups in total. The average Bonchev–Trinajstić information content (AvgIpc) is 2.89. The van der Waals surface area contributed by atoms with E-state index in [2.05, 4.69) is 30.7 Å².